The van der Waals surface area contributed by atoms with Crippen molar-refractivity contribution in [2.24, 2.45) is 17.8 Å². The van der Waals surface area contributed by atoms with Gasteiger partial charge in [0.05, 0.1) is 30.5 Å². The van der Waals surface area contributed by atoms with Gasteiger partial charge in [0, 0.05) is 13.0 Å². The van der Waals surface area contributed by atoms with Crippen LogP contribution in [0.15, 0.2) is 30.3 Å². The predicted molar refractivity (Wildman–Crippen MR) is 183 cm³/mol. The SMILES string of the molecule is CNC(=O)C1CC(C)[C@@H](O[C@@H]2OC(C)[C@@H](O)[C@H](O)C2O)[C@H](O[C@@H]2O[C@@H](CO)[C@H](O)C(O[C@@H](CC3CCCCC3)C(=O)O)C2OC(=O)c2ccccc2)C1. The molecule has 6 unspecified atom stereocenters. The van der Waals surface area contributed by atoms with E-state index in [4.69, 9.17) is 28.4 Å². The van der Waals surface area contributed by atoms with Crippen LogP contribution in [0.2, 0.25) is 0 Å². The lowest BCUT2D eigenvalue weighted by Gasteiger charge is -2.48. The van der Waals surface area contributed by atoms with Gasteiger partial charge in [-0.25, -0.2) is 9.59 Å². The summed E-state index contributed by atoms with van der Waals surface area (Å²) in [6.07, 6.45) is -12.9. The molecular weight excluding hydrogens is 698 g/mol. The summed E-state index contributed by atoms with van der Waals surface area (Å²) in [6.45, 7) is 2.57. The minimum atomic E-state index is -1.65. The molecule has 298 valence electrons. The molecule has 7 N–H and O–H groups in total. The number of carboxylic acid groups (broad SMARTS) is 1. The van der Waals surface area contributed by atoms with E-state index < -0.39 is 110 Å². The summed E-state index contributed by atoms with van der Waals surface area (Å²) in [4.78, 5) is 39.1. The first kappa shape index (κ1) is 41.4. The predicted octanol–water partition coefficient (Wildman–Crippen LogP) is 0.489. The van der Waals surface area contributed by atoms with Gasteiger partial charge in [-0.15, -0.1) is 0 Å². The molecule has 2 aliphatic heterocycles. The van der Waals surface area contributed by atoms with Crippen LogP contribution < -0.4 is 5.32 Å². The van der Waals surface area contributed by atoms with Crippen LogP contribution in [0.5, 0.6) is 0 Å². The van der Waals surface area contributed by atoms with E-state index in [1.165, 1.54) is 26.1 Å². The first-order valence-corrected chi connectivity index (χ1v) is 18.6. The zero-order valence-corrected chi connectivity index (χ0v) is 30.3. The number of aliphatic hydroxyl groups excluding tert-OH is 5. The number of rotatable bonds is 13. The normalized spacial score (nSPS) is 38.8. The van der Waals surface area contributed by atoms with E-state index in [1.54, 1.807) is 25.1 Å². The topological polar surface area (TPSA) is 240 Å². The largest absolute Gasteiger partial charge is 0.479 e. The molecule has 2 heterocycles. The van der Waals surface area contributed by atoms with E-state index in [9.17, 15) is 45.0 Å². The number of hydrogen-bond donors (Lipinski definition) is 7. The summed E-state index contributed by atoms with van der Waals surface area (Å²) in [7, 11) is 1.50. The fourth-order valence-electron chi connectivity index (χ4n) is 8.01. The Balaban J connectivity index is 1.48. The lowest BCUT2D eigenvalue weighted by Crippen LogP contribution is -2.64. The van der Waals surface area contributed by atoms with E-state index in [1.807, 2.05) is 0 Å². The molecule has 16 heteroatoms. The monoisotopic (exact) mass is 753 g/mol. The molecule has 16 nitrogen and oxygen atoms in total. The number of benzene rings is 1. The summed E-state index contributed by atoms with van der Waals surface area (Å²) in [5, 5.41) is 66.2. The highest BCUT2D eigenvalue weighted by Gasteiger charge is 2.53. The molecule has 53 heavy (non-hydrogen) atoms. The van der Waals surface area contributed by atoms with Gasteiger partial charge in [-0.2, -0.15) is 0 Å². The third-order valence-electron chi connectivity index (χ3n) is 11.0. The van der Waals surface area contributed by atoms with Crippen LogP contribution in [0.25, 0.3) is 0 Å². The van der Waals surface area contributed by atoms with Crippen molar-refractivity contribution in [2.75, 3.05) is 13.7 Å². The Labute approximate surface area is 308 Å². The average molecular weight is 754 g/mol. The third-order valence-corrected chi connectivity index (χ3v) is 11.0. The highest BCUT2D eigenvalue weighted by molar-refractivity contribution is 5.89. The van der Waals surface area contributed by atoms with Gasteiger partial charge in [-0.05, 0) is 50.2 Å². The number of esters is 1. The molecule has 5 rings (SSSR count). The first-order chi connectivity index (χ1) is 25.3. The van der Waals surface area contributed by atoms with Crippen molar-refractivity contribution in [3.63, 3.8) is 0 Å². The minimum Gasteiger partial charge on any atom is -0.479 e. The lowest BCUT2D eigenvalue weighted by molar-refractivity contribution is -0.349. The van der Waals surface area contributed by atoms with Crippen LogP contribution in [0.3, 0.4) is 0 Å². The summed E-state index contributed by atoms with van der Waals surface area (Å²) in [5.74, 6) is -3.34. The lowest BCUT2D eigenvalue weighted by atomic mass is 9.77. The van der Waals surface area contributed by atoms with Gasteiger partial charge in [0.2, 0.25) is 5.91 Å². The van der Waals surface area contributed by atoms with Gasteiger partial charge in [0.25, 0.3) is 0 Å². The maximum atomic E-state index is 13.6. The molecule has 2 aliphatic carbocycles. The Morgan fingerprint density at radius 3 is 2.19 bits per heavy atom. The number of aliphatic hydroxyl groups is 5. The van der Waals surface area contributed by atoms with Gasteiger partial charge in [0.15, 0.2) is 24.8 Å². The second-order valence-electron chi connectivity index (χ2n) is 14.8. The second kappa shape index (κ2) is 18.7. The van der Waals surface area contributed by atoms with Gasteiger partial charge < -0.3 is 64.4 Å². The molecule has 1 aromatic rings. The third kappa shape index (κ3) is 9.92. The van der Waals surface area contributed by atoms with Gasteiger partial charge in [-0.3, -0.25) is 4.79 Å². The quantitative estimate of drug-likeness (QED) is 0.136. The van der Waals surface area contributed by atoms with E-state index in [0.29, 0.717) is 6.42 Å². The number of hydrogen-bond acceptors (Lipinski definition) is 14. The molecule has 1 amide bonds. The van der Waals surface area contributed by atoms with Crippen LogP contribution in [-0.4, -0.2) is 142 Å². The maximum Gasteiger partial charge on any atom is 0.338 e. The smallest absolute Gasteiger partial charge is 0.338 e. The molecule has 0 bridgehead atoms. The minimum absolute atomic E-state index is 0.0364. The van der Waals surface area contributed by atoms with E-state index in [-0.39, 0.29) is 30.2 Å². The Hall–Kier alpha value is -2.77. The van der Waals surface area contributed by atoms with Crippen LogP contribution in [0, 0.1) is 17.8 Å². The number of aliphatic carboxylic acids is 1. The molecule has 2 saturated carbocycles. The number of nitrogens with one attached hydrogen (secondary N) is 1. The Morgan fingerprint density at radius 1 is 0.849 bits per heavy atom. The molecule has 0 aromatic heterocycles. The van der Waals surface area contributed by atoms with Gasteiger partial charge >= 0.3 is 11.9 Å². The highest BCUT2D eigenvalue weighted by Crippen LogP contribution is 2.39. The number of ether oxygens (including phenoxy) is 6. The number of carbonyl (C=O) groups is 3. The maximum absolute atomic E-state index is 13.6. The first-order valence-electron chi connectivity index (χ1n) is 18.6. The van der Waals surface area contributed by atoms with Crippen molar-refractivity contribution in [3.05, 3.63) is 35.9 Å². The summed E-state index contributed by atoms with van der Waals surface area (Å²) in [5.41, 5.74) is 0.145. The molecule has 0 radical (unpaired) electrons. The fraction of sp³-hybridized carbons (Fsp3) is 0.757. The number of carbonyl (C=O) groups excluding carboxylic acids is 2. The Kier molecular flexibility index (Phi) is 14.6. The second-order valence-corrected chi connectivity index (χ2v) is 14.8. The molecule has 0 spiro atoms. The molecule has 1 aromatic carbocycles. The Morgan fingerprint density at radius 2 is 1.55 bits per heavy atom. The van der Waals surface area contributed by atoms with Crippen LogP contribution >= 0.6 is 0 Å². The molecule has 4 fully saturated rings. The van der Waals surface area contributed by atoms with Gasteiger partial charge in [0.1, 0.15) is 36.6 Å². The average Bonchev–Trinajstić information content (AvgIpc) is 3.16. The zero-order chi connectivity index (χ0) is 38.4. The highest BCUT2D eigenvalue weighted by atomic mass is 16.7. The van der Waals surface area contributed by atoms with Crippen molar-refractivity contribution >= 4 is 17.8 Å². The van der Waals surface area contributed by atoms with Gasteiger partial charge in [-0.1, -0.05) is 57.2 Å². The standard InChI is InChI=1S/C37H55NO15/c1-18-14-22(33(44)38-3)16-23(30(18)53-36-29(43)28(42)26(40)19(2)48-36)50-37-32(52-35(47)21-12-8-5-9-13-21)31(27(41)25(17-39)51-37)49-24(34(45)46)15-20-10-6-4-7-11-20/h5,8-9,12-13,18-20,22-32,36-37,39-43H,4,6-7,10-11,14-17H2,1-3H3,(H,38,44)(H,45,46)/t18?,19?,22?,23-,24+,25+,26-,27+,28+,29?,30-,31?,32?,36+,37-/m1/s1. The van der Waals surface area contributed by atoms with Crippen molar-refractivity contribution in [3.8, 4) is 0 Å². The van der Waals surface area contributed by atoms with Crippen molar-refractivity contribution in [1.29, 1.82) is 0 Å². The molecular formula is C37H55NO15. The zero-order valence-electron chi connectivity index (χ0n) is 30.3. The molecule has 4 aliphatic rings. The van der Waals surface area contributed by atoms with Crippen LogP contribution in [0.4, 0.5) is 0 Å². The van der Waals surface area contributed by atoms with Crippen LogP contribution in [-0.2, 0) is 38.0 Å². The number of amides is 1. The summed E-state index contributed by atoms with van der Waals surface area (Å²) >= 11 is 0. The van der Waals surface area contributed by atoms with E-state index in [0.717, 1.165) is 32.1 Å². The van der Waals surface area contributed by atoms with Crippen molar-refractivity contribution in [1.82, 2.24) is 5.32 Å². The van der Waals surface area contributed by atoms with E-state index >= 15 is 0 Å². The molecule has 15 atom stereocenters. The van der Waals surface area contributed by atoms with Crippen LogP contribution in [0.1, 0.15) is 75.6 Å². The fourth-order valence-corrected chi connectivity index (χ4v) is 8.01. The number of carboxylic acids is 1. The van der Waals surface area contributed by atoms with E-state index in [2.05, 4.69) is 5.32 Å². The van der Waals surface area contributed by atoms with Crippen molar-refractivity contribution < 1.29 is 73.4 Å². The van der Waals surface area contributed by atoms with Crippen molar-refractivity contribution in [2.45, 2.75) is 145 Å². The molecule has 2 saturated heterocycles. The summed E-state index contributed by atoms with van der Waals surface area (Å²) < 4.78 is 36.7. The Bertz CT molecular complexity index is 1350. The summed E-state index contributed by atoms with van der Waals surface area (Å²) in [6, 6.07) is 7.98.